The van der Waals surface area contributed by atoms with E-state index in [0.29, 0.717) is 30.9 Å². The summed E-state index contributed by atoms with van der Waals surface area (Å²) in [4.78, 5) is 27.7. The van der Waals surface area contributed by atoms with Crippen molar-refractivity contribution in [1.82, 2.24) is 4.90 Å². The highest BCUT2D eigenvalue weighted by molar-refractivity contribution is 5.94. The topological polar surface area (TPSA) is 93.9 Å². The van der Waals surface area contributed by atoms with Crippen LogP contribution in [0.3, 0.4) is 0 Å². The van der Waals surface area contributed by atoms with Crippen molar-refractivity contribution >= 4 is 17.7 Å². The van der Waals surface area contributed by atoms with Crippen LogP contribution in [-0.4, -0.2) is 40.7 Å². The SMILES string of the molecule is Cc1cc(CN2CCN(c3ccc(C#N)cc3)C2=O)cc(C)c1OC(C)(C)C(=O)O. The molecule has 0 aromatic heterocycles. The normalized spacial score (nSPS) is 14.0. The molecule has 30 heavy (non-hydrogen) atoms. The van der Waals surface area contributed by atoms with E-state index in [9.17, 15) is 14.7 Å². The molecular weight excluding hydrogens is 382 g/mol. The number of amides is 2. The van der Waals surface area contributed by atoms with E-state index in [0.717, 1.165) is 22.4 Å². The van der Waals surface area contributed by atoms with Crippen molar-refractivity contribution in [3.8, 4) is 11.8 Å². The first-order valence-electron chi connectivity index (χ1n) is 9.71. The molecule has 2 aromatic rings. The molecule has 156 valence electrons. The molecule has 0 spiro atoms. The van der Waals surface area contributed by atoms with Gasteiger partial charge in [0.15, 0.2) is 5.60 Å². The third kappa shape index (κ3) is 4.23. The number of nitriles is 1. The van der Waals surface area contributed by atoms with Gasteiger partial charge in [0, 0.05) is 25.3 Å². The molecule has 0 atom stereocenters. The molecule has 2 amide bonds. The van der Waals surface area contributed by atoms with Gasteiger partial charge in [-0.15, -0.1) is 0 Å². The molecule has 7 nitrogen and oxygen atoms in total. The van der Waals surface area contributed by atoms with Gasteiger partial charge in [-0.05, 0) is 68.7 Å². The Morgan fingerprint density at radius 1 is 1.17 bits per heavy atom. The standard InChI is InChI=1S/C23H25N3O4/c1-15-11-18(12-16(2)20(15)30-23(3,4)21(27)28)14-25-9-10-26(22(25)29)19-7-5-17(13-24)6-8-19/h5-8,11-12H,9-10,14H2,1-4H3,(H,27,28). The molecule has 0 bridgehead atoms. The Labute approximate surface area is 176 Å². The number of benzene rings is 2. The highest BCUT2D eigenvalue weighted by Crippen LogP contribution is 2.30. The highest BCUT2D eigenvalue weighted by atomic mass is 16.5. The largest absolute Gasteiger partial charge is 0.478 e. The van der Waals surface area contributed by atoms with Crippen LogP contribution in [0.5, 0.6) is 5.75 Å². The number of ether oxygens (including phenoxy) is 1. The van der Waals surface area contributed by atoms with E-state index in [2.05, 4.69) is 6.07 Å². The van der Waals surface area contributed by atoms with Crippen molar-refractivity contribution in [3.63, 3.8) is 0 Å². The second-order valence-corrected chi connectivity index (χ2v) is 7.99. The number of hydrogen-bond acceptors (Lipinski definition) is 4. The number of carboxylic acids is 1. The van der Waals surface area contributed by atoms with E-state index in [1.165, 1.54) is 13.8 Å². The fourth-order valence-corrected chi connectivity index (χ4v) is 3.50. The first kappa shape index (κ1) is 21.2. The number of carbonyl (C=O) groups excluding carboxylic acids is 1. The minimum absolute atomic E-state index is 0.0812. The van der Waals surface area contributed by atoms with Crippen LogP contribution >= 0.6 is 0 Å². The summed E-state index contributed by atoms with van der Waals surface area (Å²) in [6, 6.07) is 12.8. The molecule has 1 aliphatic rings. The second-order valence-electron chi connectivity index (χ2n) is 7.99. The molecule has 1 aliphatic heterocycles. The average Bonchev–Trinajstić information content (AvgIpc) is 3.05. The lowest BCUT2D eigenvalue weighted by molar-refractivity contribution is -0.152. The number of carboxylic acid groups (broad SMARTS) is 1. The lowest BCUT2D eigenvalue weighted by Crippen LogP contribution is -2.38. The van der Waals surface area contributed by atoms with E-state index < -0.39 is 11.6 Å². The predicted octanol–water partition coefficient (Wildman–Crippen LogP) is 3.86. The van der Waals surface area contributed by atoms with Gasteiger partial charge in [0.25, 0.3) is 0 Å². The maximum atomic E-state index is 12.9. The minimum Gasteiger partial charge on any atom is -0.478 e. The summed E-state index contributed by atoms with van der Waals surface area (Å²) in [6.07, 6.45) is 0. The molecule has 0 aliphatic carbocycles. The van der Waals surface area contributed by atoms with E-state index in [-0.39, 0.29) is 6.03 Å². The third-order valence-corrected chi connectivity index (χ3v) is 5.17. The molecule has 1 fully saturated rings. The van der Waals surface area contributed by atoms with Crippen molar-refractivity contribution < 1.29 is 19.4 Å². The lowest BCUT2D eigenvalue weighted by Gasteiger charge is -2.25. The Bertz CT molecular complexity index is 999. The van der Waals surface area contributed by atoms with Crippen LogP contribution in [0.25, 0.3) is 0 Å². The number of aryl methyl sites for hydroxylation is 2. The van der Waals surface area contributed by atoms with Gasteiger partial charge in [0.2, 0.25) is 0 Å². The predicted molar refractivity (Wildman–Crippen MR) is 113 cm³/mol. The van der Waals surface area contributed by atoms with Crippen molar-refractivity contribution in [2.75, 3.05) is 18.0 Å². The highest BCUT2D eigenvalue weighted by Gasteiger charge is 2.32. The molecule has 3 rings (SSSR count). The van der Waals surface area contributed by atoms with Gasteiger partial charge in [0.1, 0.15) is 5.75 Å². The second kappa shape index (κ2) is 8.07. The van der Waals surface area contributed by atoms with Crippen LogP contribution in [0.1, 0.15) is 36.1 Å². The molecule has 2 aromatic carbocycles. The number of aliphatic carboxylic acids is 1. The van der Waals surface area contributed by atoms with Crippen molar-refractivity contribution in [2.24, 2.45) is 0 Å². The molecule has 0 unspecified atom stereocenters. The summed E-state index contributed by atoms with van der Waals surface area (Å²) in [5.74, 6) is -0.478. The summed E-state index contributed by atoms with van der Waals surface area (Å²) < 4.78 is 5.75. The van der Waals surface area contributed by atoms with Crippen LogP contribution in [0.15, 0.2) is 36.4 Å². The summed E-state index contributed by atoms with van der Waals surface area (Å²) >= 11 is 0. The van der Waals surface area contributed by atoms with Crippen molar-refractivity contribution in [3.05, 3.63) is 58.7 Å². The average molecular weight is 407 g/mol. The van der Waals surface area contributed by atoms with Crippen molar-refractivity contribution in [1.29, 1.82) is 5.26 Å². The lowest BCUT2D eigenvalue weighted by atomic mass is 10.0. The minimum atomic E-state index is -1.33. The first-order chi connectivity index (χ1) is 14.1. The summed E-state index contributed by atoms with van der Waals surface area (Å²) in [5.41, 5.74) is 2.62. The number of rotatable bonds is 6. The Hall–Kier alpha value is -3.53. The van der Waals surface area contributed by atoms with Gasteiger partial charge in [-0.25, -0.2) is 9.59 Å². The Balaban J connectivity index is 1.74. The van der Waals surface area contributed by atoms with E-state index in [1.807, 2.05) is 26.0 Å². The summed E-state index contributed by atoms with van der Waals surface area (Å²) in [7, 11) is 0. The number of anilines is 1. The van der Waals surface area contributed by atoms with Crippen LogP contribution < -0.4 is 9.64 Å². The van der Waals surface area contributed by atoms with Crippen LogP contribution in [0.4, 0.5) is 10.5 Å². The summed E-state index contributed by atoms with van der Waals surface area (Å²) in [5, 5.41) is 18.2. The molecule has 0 radical (unpaired) electrons. The number of nitrogens with zero attached hydrogens (tertiary/aromatic N) is 3. The number of hydrogen-bond donors (Lipinski definition) is 1. The smallest absolute Gasteiger partial charge is 0.347 e. The Kier molecular flexibility index (Phi) is 5.70. The molecule has 1 saturated heterocycles. The molecular formula is C23H25N3O4. The molecule has 7 heteroatoms. The van der Waals surface area contributed by atoms with Crippen LogP contribution in [0, 0.1) is 25.2 Å². The molecule has 1 heterocycles. The number of urea groups is 1. The van der Waals surface area contributed by atoms with Gasteiger partial charge in [0.05, 0.1) is 11.6 Å². The quantitative estimate of drug-likeness (QED) is 0.785. The van der Waals surface area contributed by atoms with Crippen LogP contribution in [0.2, 0.25) is 0 Å². The summed E-state index contributed by atoms with van der Waals surface area (Å²) in [6.45, 7) is 8.41. The maximum absolute atomic E-state index is 12.9. The Morgan fingerprint density at radius 2 is 1.77 bits per heavy atom. The fraction of sp³-hybridized carbons (Fsp3) is 0.348. The monoisotopic (exact) mass is 407 g/mol. The zero-order valence-electron chi connectivity index (χ0n) is 17.6. The van der Waals surface area contributed by atoms with E-state index >= 15 is 0 Å². The number of carbonyl (C=O) groups is 2. The molecule has 1 N–H and O–H groups in total. The van der Waals surface area contributed by atoms with E-state index in [1.54, 1.807) is 34.1 Å². The van der Waals surface area contributed by atoms with Crippen LogP contribution in [-0.2, 0) is 11.3 Å². The maximum Gasteiger partial charge on any atom is 0.347 e. The van der Waals surface area contributed by atoms with Gasteiger partial charge < -0.3 is 14.7 Å². The van der Waals surface area contributed by atoms with Gasteiger partial charge >= 0.3 is 12.0 Å². The van der Waals surface area contributed by atoms with Gasteiger partial charge in [-0.2, -0.15) is 5.26 Å². The zero-order chi connectivity index (χ0) is 22.1. The zero-order valence-corrected chi connectivity index (χ0v) is 17.6. The third-order valence-electron chi connectivity index (χ3n) is 5.17. The van der Waals surface area contributed by atoms with E-state index in [4.69, 9.17) is 10.00 Å². The molecule has 0 saturated carbocycles. The first-order valence-corrected chi connectivity index (χ1v) is 9.71. The van der Waals surface area contributed by atoms with Crippen molar-refractivity contribution in [2.45, 2.75) is 39.8 Å². The Morgan fingerprint density at radius 3 is 2.30 bits per heavy atom. The van der Waals surface area contributed by atoms with Gasteiger partial charge in [-0.1, -0.05) is 12.1 Å². The van der Waals surface area contributed by atoms with Gasteiger partial charge in [-0.3, -0.25) is 4.90 Å². The fourth-order valence-electron chi connectivity index (χ4n) is 3.50.